The van der Waals surface area contributed by atoms with Crippen molar-refractivity contribution in [3.63, 3.8) is 0 Å². The van der Waals surface area contributed by atoms with Crippen molar-refractivity contribution in [3.05, 3.63) is 72.1 Å². The van der Waals surface area contributed by atoms with Gasteiger partial charge in [-0.25, -0.2) is 13.8 Å². The molecule has 0 saturated heterocycles. The van der Waals surface area contributed by atoms with E-state index in [4.69, 9.17) is 0 Å². The van der Waals surface area contributed by atoms with Gasteiger partial charge in [-0.15, -0.1) is 0 Å². The van der Waals surface area contributed by atoms with Crippen LogP contribution in [0.3, 0.4) is 0 Å². The van der Waals surface area contributed by atoms with E-state index in [-0.39, 0.29) is 0 Å². The van der Waals surface area contributed by atoms with Crippen molar-refractivity contribution in [1.29, 1.82) is 0 Å². The molecule has 0 spiro atoms. The first-order chi connectivity index (χ1) is 12.6. The van der Waals surface area contributed by atoms with Crippen LogP contribution >= 0.6 is 0 Å². The third-order valence-electron chi connectivity index (χ3n) is 4.00. The zero-order valence-electron chi connectivity index (χ0n) is 13.9. The molecular formula is C19H15F2N5. The zero-order valence-corrected chi connectivity index (χ0v) is 13.9. The van der Waals surface area contributed by atoms with Crippen LogP contribution in [0.1, 0.15) is 5.56 Å². The highest BCUT2D eigenvalue weighted by Crippen LogP contribution is 2.23. The number of aryl methyl sites for hydroxylation is 1. The molecule has 130 valence electrons. The Kier molecular flexibility index (Phi) is 4.04. The van der Waals surface area contributed by atoms with Crippen molar-refractivity contribution >= 4 is 16.9 Å². The quantitative estimate of drug-likeness (QED) is 0.605. The molecule has 26 heavy (non-hydrogen) atoms. The van der Waals surface area contributed by atoms with Gasteiger partial charge in [0, 0.05) is 43.0 Å². The molecule has 4 rings (SSSR count). The van der Waals surface area contributed by atoms with Crippen molar-refractivity contribution in [3.8, 4) is 11.3 Å². The topological polar surface area (TPSA) is 55.6 Å². The van der Waals surface area contributed by atoms with Crippen molar-refractivity contribution in [2.24, 2.45) is 7.05 Å². The van der Waals surface area contributed by atoms with E-state index in [1.807, 2.05) is 43.6 Å². The molecule has 5 nitrogen and oxygen atoms in total. The first kappa shape index (κ1) is 16.1. The van der Waals surface area contributed by atoms with Gasteiger partial charge in [-0.3, -0.25) is 9.67 Å². The number of aromatic nitrogens is 4. The van der Waals surface area contributed by atoms with Gasteiger partial charge in [0.1, 0.15) is 5.82 Å². The lowest BCUT2D eigenvalue weighted by molar-refractivity contribution is 0.510. The number of rotatable bonds is 4. The Morgan fingerprint density at radius 3 is 2.54 bits per heavy atom. The van der Waals surface area contributed by atoms with Gasteiger partial charge in [-0.1, -0.05) is 30.3 Å². The summed E-state index contributed by atoms with van der Waals surface area (Å²) in [7, 11) is 1.86. The highest BCUT2D eigenvalue weighted by atomic mass is 19.2. The summed E-state index contributed by atoms with van der Waals surface area (Å²) in [5.74, 6) is -1.40. The molecule has 4 aromatic rings. The molecule has 0 fully saturated rings. The van der Waals surface area contributed by atoms with Gasteiger partial charge in [0.05, 0.1) is 22.9 Å². The lowest BCUT2D eigenvalue weighted by atomic mass is 10.1. The fourth-order valence-corrected chi connectivity index (χ4v) is 2.79. The second kappa shape index (κ2) is 6.51. The van der Waals surface area contributed by atoms with Crippen molar-refractivity contribution in [2.45, 2.75) is 6.54 Å². The van der Waals surface area contributed by atoms with Gasteiger partial charge in [0.2, 0.25) is 0 Å². The van der Waals surface area contributed by atoms with Crippen LogP contribution in [-0.2, 0) is 13.6 Å². The number of hydrogen-bond donors (Lipinski definition) is 1. The molecule has 1 N–H and O–H groups in total. The molecule has 0 aliphatic rings. The Morgan fingerprint density at radius 2 is 1.77 bits per heavy atom. The lowest BCUT2D eigenvalue weighted by Crippen LogP contribution is -2.03. The average Bonchev–Trinajstić information content (AvgIpc) is 3.02. The van der Waals surface area contributed by atoms with Crippen LogP contribution in [0.25, 0.3) is 22.3 Å². The van der Waals surface area contributed by atoms with Gasteiger partial charge in [-0.2, -0.15) is 5.10 Å². The summed E-state index contributed by atoms with van der Waals surface area (Å²) in [5, 5.41) is 7.68. The van der Waals surface area contributed by atoms with E-state index >= 15 is 0 Å². The predicted molar refractivity (Wildman–Crippen MR) is 95.4 cm³/mol. The van der Waals surface area contributed by atoms with E-state index < -0.39 is 11.6 Å². The first-order valence-corrected chi connectivity index (χ1v) is 8.04. The normalized spacial score (nSPS) is 11.0. The molecule has 0 aliphatic heterocycles. The largest absolute Gasteiger partial charge is 0.365 e. The Balaban J connectivity index is 1.60. The third-order valence-corrected chi connectivity index (χ3v) is 4.00. The smallest absolute Gasteiger partial charge is 0.161 e. The maximum absolute atomic E-state index is 13.4. The molecule has 0 amide bonds. The van der Waals surface area contributed by atoms with Crippen LogP contribution in [0, 0.1) is 11.6 Å². The Hall–Kier alpha value is -3.35. The van der Waals surface area contributed by atoms with E-state index in [9.17, 15) is 8.78 Å². The fourth-order valence-electron chi connectivity index (χ4n) is 2.79. The fraction of sp³-hybridized carbons (Fsp3) is 0.105. The van der Waals surface area contributed by atoms with Gasteiger partial charge >= 0.3 is 0 Å². The van der Waals surface area contributed by atoms with Gasteiger partial charge < -0.3 is 5.32 Å². The number of nitrogens with zero attached hydrogens (tertiary/aromatic N) is 4. The molecule has 0 atom stereocenters. The minimum atomic E-state index is -0.942. The minimum absolute atomic E-state index is 0.295. The first-order valence-electron chi connectivity index (χ1n) is 8.04. The molecule has 0 radical (unpaired) electrons. The van der Waals surface area contributed by atoms with Gasteiger partial charge in [-0.05, 0) is 0 Å². The Morgan fingerprint density at radius 1 is 1.04 bits per heavy atom. The summed E-state index contributed by atoms with van der Waals surface area (Å²) in [5.41, 5.74) is 3.49. The maximum atomic E-state index is 13.4. The molecular weight excluding hydrogens is 336 g/mol. The number of halogens is 2. The molecule has 0 saturated carbocycles. The monoisotopic (exact) mass is 351 g/mol. The summed E-state index contributed by atoms with van der Waals surface area (Å²) in [6.07, 6.45) is 3.43. The van der Waals surface area contributed by atoms with E-state index in [1.165, 1.54) is 6.20 Å². The van der Waals surface area contributed by atoms with Crippen molar-refractivity contribution in [1.82, 2.24) is 19.7 Å². The van der Waals surface area contributed by atoms with Crippen LogP contribution in [0.5, 0.6) is 0 Å². The van der Waals surface area contributed by atoms with Crippen LogP contribution in [0.4, 0.5) is 14.6 Å². The summed E-state index contributed by atoms with van der Waals surface area (Å²) in [6.45, 7) is 0.474. The van der Waals surface area contributed by atoms with Crippen LogP contribution in [-0.4, -0.2) is 19.7 Å². The molecule has 2 aromatic heterocycles. The van der Waals surface area contributed by atoms with E-state index in [2.05, 4.69) is 20.4 Å². The second-order valence-corrected chi connectivity index (χ2v) is 5.91. The molecule has 0 unspecified atom stereocenters. The van der Waals surface area contributed by atoms with Crippen molar-refractivity contribution < 1.29 is 8.78 Å². The second-order valence-electron chi connectivity index (χ2n) is 5.91. The van der Waals surface area contributed by atoms with Crippen LogP contribution in [0.15, 0.2) is 54.9 Å². The summed E-state index contributed by atoms with van der Waals surface area (Å²) < 4.78 is 28.4. The van der Waals surface area contributed by atoms with Crippen LogP contribution < -0.4 is 5.32 Å². The molecule has 2 heterocycles. The van der Waals surface area contributed by atoms with E-state index in [1.54, 1.807) is 4.68 Å². The third kappa shape index (κ3) is 3.11. The summed E-state index contributed by atoms with van der Waals surface area (Å²) in [4.78, 5) is 8.42. The number of fused-ring (bicyclic) bond motifs is 1. The minimum Gasteiger partial charge on any atom is -0.365 e. The van der Waals surface area contributed by atoms with Gasteiger partial charge in [0.25, 0.3) is 0 Å². The number of anilines is 1. The van der Waals surface area contributed by atoms with Crippen LogP contribution in [0.2, 0.25) is 0 Å². The Labute approximate surface area is 148 Å². The average molecular weight is 351 g/mol. The number of hydrogen-bond acceptors (Lipinski definition) is 4. The van der Waals surface area contributed by atoms with Gasteiger partial charge in [0.15, 0.2) is 11.6 Å². The maximum Gasteiger partial charge on any atom is 0.161 e. The van der Waals surface area contributed by atoms with E-state index in [0.29, 0.717) is 23.4 Å². The Bertz CT molecular complexity index is 1080. The van der Waals surface area contributed by atoms with E-state index in [0.717, 1.165) is 29.0 Å². The lowest BCUT2D eigenvalue weighted by Gasteiger charge is -2.07. The summed E-state index contributed by atoms with van der Waals surface area (Å²) in [6, 6.07) is 12.0. The molecule has 7 heteroatoms. The molecule has 2 aromatic carbocycles. The predicted octanol–water partition coefficient (Wildman–Crippen LogP) is 3.92. The molecule has 0 bridgehead atoms. The number of nitrogens with one attached hydrogen (secondary N) is 1. The highest BCUT2D eigenvalue weighted by molar-refractivity contribution is 5.75. The SMILES string of the molecule is Cn1cc(CNc2cnc3cc(F)c(F)cc3n2)c(-c2ccccc2)n1. The van der Waals surface area contributed by atoms with Crippen molar-refractivity contribution in [2.75, 3.05) is 5.32 Å². The highest BCUT2D eigenvalue weighted by Gasteiger charge is 2.11. The standard InChI is InChI=1S/C19H15F2N5/c1-26-11-13(19(25-26)12-5-3-2-4-6-12)9-23-18-10-22-16-7-14(20)15(21)8-17(16)24-18/h2-8,10-11H,9H2,1H3,(H,23,24). The summed E-state index contributed by atoms with van der Waals surface area (Å²) >= 11 is 0. The number of benzene rings is 2. The molecule has 0 aliphatic carbocycles. The zero-order chi connectivity index (χ0) is 18.1.